The third-order valence-corrected chi connectivity index (χ3v) is 14.5. The standard InChI is InChI=1S/C36H46O8Si/c1-21-24(37)19-36(41)31(43-32(40)22-14-10-8-11-15-22)29-34(4)20-42-25(34)18-26(44-45(6,7)23-16-12-9-13-17-23)35(29,5)30(39)28(38)27(21)33(36,2)3/h8-17,24-26,29-31,37,39,41H,18-20H2,1-7H3/t24-,25+,26-,29+,30-,31-,34+,35+,36+/m0/s1. The van der Waals surface area contributed by atoms with Gasteiger partial charge >= 0.3 is 5.97 Å². The molecule has 2 aromatic rings. The minimum atomic E-state index is -2.63. The number of ketones is 1. The van der Waals surface area contributed by atoms with Crippen molar-refractivity contribution in [2.45, 2.75) is 96.7 Å². The zero-order valence-electron chi connectivity index (χ0n) is 27.2. The molecule has 9 atom stereocenters. The van der Waals surface area contributed by atoms with Crippen molar-refractivity contribution in [1.29, 1.82) is 0 Å². The van der Waals surface area contributed by atoms with Crippen molar-refractivity contribution in [3.63, 3.8) is 0 Å². The molecule has 0 aromatic heterocycles. The van der Waals surface area contributed by atoms with Crippen LogP contribution in [0.1, 0.15) is 57.8 Å². The molecule has 0 radical (unpaired) electrons. The van der Waals surface area contributed by atoms with Crippen LogP contribution >= 0.6 is 0 Å². The van der Waals surface area contributed by atoms with Crippen LogP contribution in [0.15, 0.2) is 71.8 Å². The van der Waals surface area contributed by atoms with E-state index in [4.69, 9.17) is 13.9 Å². The SMILES string of the molecule is CC1=C2C(=O)[C@H](O)[C@]3(C)[C@@H](O[Si](C)(C)c4ccccc4)C[C@H]4OC[C@@]4(C)[C@H]3[C@H](OC(=O)c3ccccc3)[C@](O)(C[C@@H]1O)C2(C)C. The molecule has 2 bridgehead atoms. The summed E-state index contributed by atoms with van der Waals surface area (Å²) in [6, 6.07) is 18.6. The topological polar surface area (TPSA) is 123 Å². The van der Waals surface area contributed by atoms with E-state index in [1.807, 2.05) is 44.2 Å². The monoisotopic (exact) mass is 634 g/mol. The van der Waals surface area contributed by atoms with Gasteiger partial charge in [0.2, 0.25) is 8.32 Å². The zero-order valence-corrected chi connectivity index (χ0v) is 28.2. The summed E-state index contributed by atoms with van der Waals surface area (Å²) in [6.45, 7) is 13.5. The number of Topliss-reactive ketones (excluding diaryl/α,β-unsaturated/α-hetero) is 1. The van der Waals surface area contributed by atoms with Crippen molar-refractivity contribution in [3.05, 3.63) is 77.4 Å². The molecule has 2 saturated carbocycles. The summed E-state index contributed by atoms with van der Waals surface area (Å²) in [5.74, 6) is -1.94. The molecule has 0 spiro atoms. The van der Waals surface area contributed by atoms with Crippen LogP contribution in [-0.2, 0) is 18.7 Å². The maximum absolute atomic E-state index is 14.6. The zero-order chi connectivity index (χ0) is 32.7. The number of aliphatic hydroxyl groups excluding tert-OH is 2. The minimum Gasteiger partial charge on any atom is -0.455 e. The van der Waals surface area contributed by atoms with Crippen LogP contribution in [0.2, 0.25) is 13.1 Å². The molecule has 45 heavy (non-hydrogen) atoms. The molecule has 1 aliphatic heterocycles. The average molecular weight is 635 g/mol. The Labute approximate surface area is 266 Å². The predicted octanol–water partition coefficient (Wildman–Crippen LogP) is 3.92. The largest absolute Gasteiger partial charge is 0.455 e. The Morgan fingerprint density at radius 3 is 2.16 bits per heavy atom. The smallest absolute Gasteiger partial charge is 0.338 e. The van der Waals surface area contributed by atoms with E-state index in [2.05, 4.69) is 13.1 Å². The highest BCUT2D eigenvalue weighted by molar-refractivity contribution is 6.84. The van der Waals surface area contributed by atoms with E-state index in [1.165, 1.54) is 0 Å². The van der Waals surface area contributed by atoms with E-state index >= 15 is 0 Å². The van der Waals surface area contributed by atoms with Gasteiger partial charge in [0, 0.05) is 34.2 Å². The molecule has 3 aliphatic carbocycles. The first-order valence-electron chi connectivity index (χ1n) is 15.9. The van der Waals surface area contributed by atoms with Gasteiger partial charge in [0.15, 0.2) is 5.78 Å². The molecule has 0 amide bonds. The quantitative estimate of drug-likeness (QED) is 0.334. The fraction of sp³-hybridized carbons (Fsp3) is 0.556. The van der Waals surface area contributed by atoms with Gasteiger partial charge in [0.05, 0.1) is 30.5 Å². The molecule has 1 heterocycles. The summed E-state index contributed by atoms with van der Waals surface area (Å²) >= 11 is 0. The Kier molecular flexibility index (Phi) is 7.67. The lowest BCUT2D eigenvalue weighted by Gasteiger charge is -2.69. The Hall–Kier alpha value is -2.66. The van der Waals surface area contributed by atoms with Gasteiger partial charge in [-0.3, -0.25) is 4.79 Å². The number of aliphatic hydroxyl groups is 3. The van der Waals surface area contributed by atoms with Gasteiger partial charge in [-0.1, -0.05) is 76.2 Å². The van der Waals surface area contributed by atoms with Gasteiger partial charge < -0.3 is 29.2 Å². The average Bonchev–Trinajstić information content (AvgIpc) is 3.00. The van der Waals surface area contributed by atoms with Crippen molar-refractivity contribution in [1.82, 2.24) is 0 Å². The van der Waals surface area contributed by atoms with E-state index < -0.39 is 72.2 Å². The van der Waals surface area contributed by atoms with E-state index in [0.29, 0.717) is 24.2 Å². The number of benzene rings is 2. The lowest BCUT2D eigenvalue weighted by Crippen LogP contribution is -2.78. The molecule has 6 rings (SSSR count). The summed E-state index contributed by atoms with van der Waals surface area (Å²) in [7, 11) is -2.63. The van der Waals surface area contributed by atoms with Gasteiger partial charge in [-0.25, -0.2) is 4.79 Å². The molecule has 8 nitrogen and oxygen atoms in total. The van der Waals surface area contributed by atoms with Crippen LogP contribution in [-0.4, -0.2) is 78.1 Å². The van der Waals surface area contributed by atoms with Crippen molar-refractivity contribution in [3.8, 4) is 0 Å². The van der Waals surface area contributed by atoms with Gasteiger partial charge in [-0.2, -0.15) is 0 Å². The highest BCUT2D eigenvalue weighted by Crippen LogP contribution is 2.66. The van der Waals surface area contributed by atoms with Crippen LogP contribution in [0.5, 0.6) is 0 Å². The molecular formula is C36H46O8Si. The number of hydrogen-bond acceptors (Lipinski definition) is 8. The van der Waals surface area contributed by atoms with Crippen LogP contribution in [0, 0.1) is 22.2 Å². The summed E-state index contributed by atoms with van der Waals surface area (Å²) < 4.78 is 19.7. The van der Waals surface area contributed by atoms with E-state index in [1.54, 1.807) is 51.1 Å². The van der Waals surface area contributed by atoms with Crippen LogP contribution < -0.4 is 5.19 Å². The molecule has 2 aromatic carbocycles. The summed E-state index contributed by atoms with van der Waals surface area (Å²) in [6.07, 6.45) is -4.67. The molecule has 9 heteroatoms. The maximum atomic E-state index is 14.6. The number of rotatable bonds is 5. The normalized spacial score (nSPS) is 39.1. The lowest BCUT2D eigenvalue weighted by atomic mass is 9.42. The molecular weight excluding hydrogens is 588 g/mol. The lowest BCUT2D eigenvalue weighted by molar-refractivity contribution is -0.326. The number of carbonyl (C=O) groups excluding carboxylic acids is 2. The van der Waals surface area contributed by atoms with Crippen molar-refractivity contribution in [2.24, 2.45) is 22.2 Å². The number of fused-ring (bicyclic) bond motifs is 5. The number of ether oxygens (including phenoxy) is 2. The summed E-state index contributed by atoms with van der Waals surface area (Å²) in [5.41, 5.74) is -4.23. The van der Waals surface area contributed by atoms with E-state index in [0.717, 1.165) is 5.19 Å². The van der Waals surface area contributed by atoms with E-state index in [9.17, 15) is 24.9 Å². The van der Waals surface area contributed by atoms with Crippen molar-refractivity contribution < 1.29 is 38.8 Å². The Balaban J connectivity index is 1.58. The van der Waals surface area contributed by atoms with Crippen LogP contribution in [0.4, 0.5) is 0 Å². The first-order chi connectivity index (χ1) is 21.0. The molecule has 3 fully saturated rings. The first-order valence-corrected chi connectivity index (χ1v) is 18.9. The highest BCUT2D eigenvalue weighted by Gasteiger charge is 2.75. The third kappa shape index (κ3) is 4.57. The molecule has 242 valence electrons. The van der Waals surface area contributed by atoms with Gasteiger partial charge in [-0.15, -0.1) is 0 Å². The van der Waals surface area contributed by atoms with Gasteiger partial charge in [-0.05, 0) is 49.3 Å². The second kappa shape index (κ2) is 10.7. The predicted molar refractivity (Wildman–Crippen MR) is 171 cm³/mol. The number of hydrogen-bond donors (Lipinski definition) is 3. The Morgan fingerprint density at radius 2 is 1.58 bits per heavy atom. The van der Waals surface area contributed by atoms with Gasteiger partial charge in [0.25, 0.3) is 0 Å². The Morgan fingerprint density at radius 1 is 0.978 bits per heavy atom. The van der Waals surface area contributed by atoms with Crippen LogP contribution in [0.25, 0.3) is 0 Å². The second-order valence-electron chi connectivity index (χ2n) is 15.2. The van der Waals surface area contributed by atoms with Crippen molar-refractivity contribution in [2.75, 3.05) is 6.61 Å². The third-order valence-electron chi connectivity index (χ3n) is 11.9. The first kappa shape index (κ1) is 32.3. The molecule has 3 N–H and O–H groups in total. The van der Waals surface area contributed by atoms with Crippen molar-refractivity contribution >= 4 is 25.3 Å². The summed E-state index contributed by atoms with van der Waals surface area (Å²) in [4.78, 5) is 28.5. The van der Waals surface area contributed by atoms with Crippen LogP contribution in [0.3, 0.4) is 0 Å². The van der Waals surface area contributed by atoms with Gasteiger partial charge in [0.1, 0.15) is 17.8 Å². The fourth-order valence-electron chi connectivity index (χ4n) is 9.08. The second-order valence-corrected chi connectivity index (χ2v) is 19.0. The van der Waals surface area contributed by atoms with E-state index in [-0.39, 0.29) is 18.1 Å². The number of esters is 1. The summed E-state index contributed by atoms with van der Waals surface area (Å²) in [5, 5.41) is 37.8. The number of carbonyl (C=O) groups is 2. The molecule has 1 saturated heterocycles. The minimum absolute atomic E-state index is 0.143. The highest BCUT2D eigenvalue weighted by atomic mass is 28.4. The molecule has 0 unspecified atom stereocenters. The fourth-order valence-corrected chi connectivity index (χ4v) is 11.3. The Bertz CT molecular complexity index is 1520. The maximum Gasteiger partial charge on any atom is 0.338 e. The molecule has 4 aliphatic rings.